The molecular weight excluding hydrogens is 300 g/mol. The fraction of sp³-hybridized carbons (Fsp3) is 0.273. The number of benzene rings is 1. The Hall–Kier alpha value is -1.90. The molecule has 9 heteroatoms. The van der Waals surface area contributed by atoms with Crippen LogP contribution in [0.5, 0.6) is 5.75 Å². The fourth-order valence-corrected chi connectivity index (χ4v) is 2.25. The zero-order valence-corrected chi connectivity index (χ0v) is 10.8. The van der Waals surface area contributed by atoms with Gasteiger partial charge in [-0.1, -0.05) is 11.3 Å². The highest BCUT2D eigenvalue weighted by atomic mass is 32.1. The maximum atomic E-state index is 12.8. The first-order valence-electron chi connectivity index (χ1n) is 5.26. The van der Waals surface area contributed by atoms with E-state index in [9.17, 15) is 22.4 Å². The molecule has 20 heavy (non-hydrogen) atoms. The van der Waals surface area contributed by atoms with Crippen LogP contribution < -0.4 is 10.1 Å². The van der Waals surface area contributed by atoms with Gasteiger partial charge in [-0.2, -0.15) is 8.78 Å². The third-order valence-electron chi connectivity index (χ3n) is 2.39. The smallest absolute Gasteiger partial charge is 0.383 e. The summed E-state index contributed by atoms with van der Waals surface area (Å²) in [4.78, 5) is 14.9. The lowest BCUT2D eigenvalue weighted by molar-refractivity contribution is -0.163. The number of carbonyl (C=O) groups is 1. The molecule has 1 aromatic heterocycles. The number of ether oxygens (including phenoxy) is 1. The molecule has 0 radical (unpaired) electrons. The van der Waals surface area contributed by atoms with Gasteiger partial charge in [-0.05, 0) is 18.2 Å². The molecule has 0 bridgehead atoms. The minimum absolute atomic E-state index is 0.182. The summed E-state index contributed by atoms with van der Waals surface area (Å²) >= 11 is 0.882. The van der Waals surface area contributed by atoms with Gasteiger partial charge in [0.05, 0.1) is 17.3 Å². The molecule has 4 nitrogen and oxygen atoms in total. The van der Waals surface area contributed by atoms with Crippen molar-refractivity contribution >= 4 is 32.6 Å². The molecule has 1 heterocycles. The lowest BCUT2D eigenvalue weighted by atomic mass is 10.3. The molecule has 1 aromatic carbocycles. The number of thiazole rings is 1. The molecule has 0 fully saturated rings. The second-order valence-corrected chi connectivity index (χ2v) is 4.76. The molecule has 2 rings (SSSR count). The molecule has 0 saturated heterocycles. The molecule has 0 saturated carbocycles. The van der Waals surface area contributed by atoms with Crippen LogP contribution in [0.2, 0.25) is 0 Å². The van der Waals surface area contributed by atoms with Gasteiger partial charge in [-0.15, -0.1) is 0 Å². The minimum Gasteiger partial charge on any atom is -0.497 e. The standard InChI is InChI=1S/C11H8F4N2O2S/c1-19-5-2-3-6-7(4-5)20-10(16-6)17-9(18)11(14,15)8(12)13/h2-4,8H,1H3,(H,16,17,18). The number of methoxy groups -OCH3 is 1. The third kappa shape index (κ3) is 2.67. The van der Waals surface area contributed by atoms with Gasteiger partial charge >= 0.3 is 18.3 Å². The van der Waals surface area contributed by atoms with Gasteiger partial charge in [0.2, 0.25) is 0 Å². The molecule has 0 aliphatic carbocycles. The van der Waals surface area contributed by atoms with Crippen LogP contribution >= 0.6 is 11.3 Å². The summed E-state index contributed by atoms with van der Waals surface area (Å²) in [6, 6.07) is 4.75. The molecule has 0 aliphatic rings. The number of amides is 1. The van der Waals surface area contributed by atoms with Gasteiger partial charge in [-0.3, -0.25) is 10.1 Å². The van der Waals surface area contributed by atoms with Crippen LogP contribution in [0.3, 0.4) is 0 Å². The van der Waals surface area contributed by atoms with Crippen molar-refractivity contribution in [1.82, 2.24) is 4.98 Å². The van der Waals surface area contributed by atoms with Crippen molar-refractivity contribution in [2.24, 2.45) is 0 Å². The van der Waals surface area contributed by atoms with Crippen molar-refractivity contribution < 1.29 is 27.1 Å². The summed E-state index contributed by atoms with van der Waals surface area (Å²) in [6.07, 6.45) is -4.07. The van der Waals surface area contributed by atoms with Gasteiger partial charge < -0.3 is 4.74 Å². The number of fused-ring (bicyclic) bond motifs is 1. The van der Waals surface area contributed by atoms with E-state index >= 15 is 0 Å². The largest absolute Gasteiger partial charge is 0.497 e. The van der Waals surface area contributed by atoms with E-state index in [1.807, 2.05) is 0 Å². The Morgan fingerprint density at radius 1 is 1.45 bits per heavy atom. The zero-order chi connectivity index (χ0) is 14.9. The van der Waals surface area contributed by atoms with E-state index in [4.69, 9.17) is 4.74 Å². The van der Waals surface area contributed by atoms with E-state index in [1.165, 1.54) is 7.11 Å². The molecule has 0 aliphatic heterocycles. The summed E-state index contributed by atoms with van der Waals surface area (Å²) in [6.45, 7) is 0. The van der Waals surface area contributed by atoms with E-state index in [0.717, 1.165) is 11.3 Å². The highest BCUT2D eigenvalue weighted by molar-refractivity contribution is 7.22. The molecule has 108 valence electrons. The van der Waals surface area contributed by atoms with E-state index in [1.54, 1.807) is 23.5 Å². The van der Waals surface area contributed by atoms with Gasteiger partial charge in [0.1, 0.15) is 5.75 Å². The summed E-state index contributed by atoms with van der Waals surface area (Å²) in [5.74, 6) is -6.31. The van der Waals surface area contributed by atoms with Crippen molar-refractivity contribution in [2.75, 3.05) is 12.4 Å². The van der Waals surface area contributed by atoms with E-state index in [0.29, 0.717) is 16.0 Å². The predicted octanol–water partition coefficient (Wildman–Crippen LogP) is 3.14. The first kappa shape index (κ1) is 14.5. The number of alkyl halides is 4. The number of carbonyl (C=O) groups excluding carboxylic acids is 1. The molecule has 0 spiro atoms. The maximum Gasteiger partial charge on any atom is 0.383 e. The summed E-state index contributed by atoms with van der Waals surface area (Å²) < 4.78 is 55.2. The number of halogens is 4. The lowest BCUT2D eigenvalue weighted by Crippen LogP contribution is -2.40. The lowest BCUT2D eigenvalue weighted by Gasteiger charge is -2.13. The van der Waals surface area contributed by atoms with Crippen LogP contribution in [0.1, 0.15) is 0 Å². The molecule has 2 aromatic rings. The van der Waals surface area contributed by atoms with E-state index < -0.39 is 18.3 Å². The summed E-state index contributed by atoms with van der Waals surface area (Å²) in [5, 5.41) is 1.51. The Morgan fingerprint density at radius 3 is 2.75 bits per heavy atom. The van der Waals surface area contributed by atoms with E-state index in [-0.39, 0.29) is 5.13 Å². The number of nitrogens with zero attached hydrogens (tertiary/aromatic N) is 1. The summed E-state index contributed by atoms with van der Waals surface area (Å²) in [5.41, 5.74) is 0.437. The van der Waals surface area contributed by atoms with Crippen LogP contribution in [-0.2, 0) is 4.79 Å². The van der Waals surface area contributed by atoms with Crippen molar-refractivity contribution in [2.45, 2.75) is 12.3 Å². The maximum absolute atomic E-state index is 12.8. The monoisotopic (exact) mass is 308 g/mol. The highest BCUT2D eigenvalue weighted by Gasteiger charge is 2.49. The molecule has 0 atom stereocenters. The Bertz CT molecular complexity index is 644. The molecule has 0 unspecified atom stereocenters. The van der Waals surface area contributed by atoms with Gasteiger partial charge in [0.15, 0.2) is 5.13 Å². The first-order chi connectivity index (χ1) is 9.34. The third-order valence-corrected chi connectivity index (χ3v) is 3.33. The second-order valence-electron chi connectivity index (χ2n) is 3.73. The van der Waals surface area contributed by atoms with Crippen LogP contribution in [0.25, 0.3) is 10.2 Å². The van der Waals surface area contributed by atoms with Crippen LogP contribution in [0.4, 0.5) is 22.7 Å². The Morgan fingerprint density at radius 2 is 2.15 bits per heavy atom. The summed E-state index contributed by atoms with van der Waals surface area (Å²) in [7, 11) is 1.45. The van der Waals surface area contributed by atoms with Crippen molar-refractivity contribution in [3.8, 4) is 5.75 Å². The van der Waals surface area contributed by atoms with E-state index in [2.05, 4.69) is 4.98 Å². The number of aromatic nitrogens is 1. The fourth-order valence-electron chi connectivity index (χ4n) is 1.36. The second kappa shape index (κ2) is 5.23. The molecule has 1 N–H and O–H groups in total. The zero-order valence-electron chi connectivity index (χ0n) is 9.99. The average molecular weight is 308 g/mol. The number of nitrogens with one attached hydrogen (secondary N) is 1. The van der Waals surface area contributed by atoms with Crippen LogP contribution in [0.15, 0.2) is 18.2 Å². The van der Waals surface area contributed by atoms with Crippen LogP contribution in [-0.4, -0.2) is 30.3 Å². The van der Waals surface area contributed by atoms with Crippen molar-refractivity contribution in [3.05, 3.63) is 18.2 Å². The van der Waals surface area contributed by atoms with Gasteiger partial charge in [0, 0.05) is 0 Å². The van der Waals surface area contributed by atoms with Crippen LogP contribution in [0, 0.1) is 0 Å². The Kier molecular flexibility index (Phi) is 3.80. The molecule has 1 amide bonds. The Balaban J connectivity index is 2.24. The van der Waals surface area contributed by atoms with Gasteiger partial charge in [-0.25, -0.2) is 13.8 Å². The van der Waals surface area contributed by atoms with Gasteiger partial charge in [0.25, 0.3) is 0 Å². The van der Waals surface area contributed by atoms with Crippen molar-refractivity contribution in [1.29, 1.82) is 0 Å². The topological polar surface area (TPSA) is 51.2 Å². The van der Waals surface area contributed by atoms with Crippen molar-refractivity contribution in [3.63, 3.8) is 0 Å². The Labute approximate surface area is 114 Å². The predicted molar refractivity (Wildman–Crippen MR) is 65.8 cm³/mol. The minimum atomic E-state index is -4.75. The highest BCUT2D eigenvalue weighted by Crippen LogP contribution is 2.31. The first-order valence-corrected chi connectivity index (χ1v) is 6.08. The number of rotatable bonds is 4. The molecular formula is C11H8F4N2O2S. The number of hydrogen-bond acceptors (Lipinski definition) is 4. The number of hydrogen-bond donors (Lipinski definition) is 1. The SMILES string of the molecule is COc1ccc2nc(NC(=O)C(F)(F)C(F)F)sc2c1. The average Bonchev–Trinajstić information content (AvgIpc) is 2.79. The normalized spacial score (nSPS) is 11.9. The number of anilines is 1. The quantitative estimate of drug-likeness (QED) is 0.883.